The first-order valence-electron chi connectivity index (χ1n) is 9.11. The van der Waals surface area contributed by atoms with Gasteiger partial charge in [0, 0.05) is 37.8 Å². The Labute approximate surface area is 143 Å². The summed E-state index contributed by atoms with van der Waals surface area (Å²) in [6.45, 7) is 1.51. The summed E-state index contributed by atoms with van der Waals surface area (Å²) in [7, 11) is 0. The standard InChI is InChI=1S/C20H25N3O/c24-20(18-13-16-6-7-17(18)12-16)22-9-8-19-21-10-11-23(19)14-15-4-2-1-3-5-15/h1-5,10-11,16-18H,6-9,12-14H2,(H,22,24). The van der Waals surface area contributed by atoms with Crippen LogP contribution in [0.3, 0.4) is 0 Å². The van der Waals surface area contributed by atoms with Crippen molar-refractivity contribution < 1.29 is 4.79 Å². The lowest BCUT2D eigenvalue weighted by molar-refractivity contribution is -0.126. The molecule has 0 radical (unpaired) electrons. The van der Waals surface area contributed by atoms with Gasteiger partial charge >= 0.3 is 0 Å². The molecule has 0 spiro atoms. The van der Waals surface area contributed by atoms with E-state index >= 15 is 0 Å². The number of amides is 1. The second-order valence-corrected chi connectivity index (χ2v) is 7.28. The maximum atomic E-state index is 12.4. The lowest BCUT2D eigenvalue weighted by Crippen LogP contribution is -2.35. The fourth-order valence-electron chi connectivity index (χ4n) is 4.49. The molecular weight excluding hydrogens is 298 g/mol. The van der Waals surface area contributed by atoms with E-state index in [1.807, 2.05) is 18.5 Å². The van der Waals surface area contributed by atoms with E-state index in [1.165, 1.54) is 24.8 Å². The summed E-state index contributed by atoms with van der Waals surface area (Å²) in [6, 6.07) is 10.4. The number of carbonyl (C=O) groups excluding carboxylic acids is 1. The van der Waals surface area contributed by atoms with E-state index in [0.29, 0.717) is 12.5 Å². The highest BCUT2D eigenvalue weighted by molar-refractivity contribution is 5.79. The van der Waals surface area contributed by atoms with Crippen molar-refractivity contribution in [2.45, 2.75) is 38.6 Å². The van der Waals surface area contributed by atoms with Gasteiger partial charge in [-0.1, -0.05) is 36.8 Å². The summed E-state index contributed by atoms with van der Waals surface area (Å²) >= 11 is 0. The molecule has 0 saturated heterocycles. The number of hydrogen-bond donors (Lipinski definition) is 1. The van der Waals surface area contributed by atoms with Crippen LogP contribution >= 0.6 is 0 Å². The molecule has 2 aromatic rings. The lowest BCUT2D eigenvalue weighted by Gasteiger charge is -2.20. The third-order valence-electron chi connectivity index (χ3n) is 5.72. The summed E-state index contributed by atoms with van der Waals surface area (Å²) in [4.78, 5) is 16.9. The van der Waals surface area contributed by atoms with Gasteiger partial charge in [-0.3, -0.25) is 4.79 Å². The first kappa shape index (κ1) is 15.4. The Morgan fingerprint density at radius 1 is 1.21 bits per heavy atom. The monoisotopic (exact) mass is 323 g/mol. The average molecular weight is 323 g/mol. The van der Waals surface area contributed by atoms with E-state index in [4.69, 9.17) is 0 Å². The summed E-state index contributed by atoms with van der Waals surface area (Å²) in [5.74, 6) is 3.04. The van der Waals surface area contributed by atoms with E-state index in [9.17, 15) is 4.79 Å². The highest BCUT2D eigenvalue weighted by atomic mass is 16.1. The summed E-state index contributed by atoms with van der Waals surface area (Å²) in [5.41, 5.74) is 1.27. The molecule has 0 aliphatic heterocycles. The first-order chi connectivity index (χ1) is 11.8. The van der Waals surface area contributed by atoms with Crippen molar-refractivity contribution in [2.75, 3.05) is 6.54 Å². The maximum absolute atomic E-state index is 12.4. The fourth-order valence-corrected chi connectivity index (χ4v) is 4.49. The van der Waals surface area contributed by atoms with Gasteiger partial charge in [-0.2, -0.15) is 0 Å². The molecule has 2 aliphatic rings. The molecule has 3 atom stereocenters. The van der Waals surface area contributed by atoms with Gasteiger partial charge in [0.2, 0.25) is 5.91 Å². The van der Waals surface area contributed by atoms with Crippen molar-refractivity contribution >= 4 is 5.91 Å². The van der Waals surface area contributed by atoms with E-state index < -0.39 is 0 Å². The zero-order chi connectivity index (χ0) is 16.4. The molecule has 2 fully saturated rings. The normalized spacial score (nSPS) is 25.1. The predicted octanol–water partition coefficient (Wildman–Crippen LogP) is 3.03. The third kappa shape index (κ3) is 3.23. The number of nitrogens with one attached hydrogen (secondary N) is 1. The zero-order valence-corrected chi connectivity index (χ0v) is 14.0. The highest BCUT2D eigenvalue weighted by Crippen LogP contribution is 2.48. The Kier molecular flexibility index (Phi) is 4.37. The third-order valence-corrected chi connectivity index (χ3v) is 5.72. The summed E-state index contributed by atoms with van der Waals surface area (Å²) < 4.78 is 2.17. The van der Waals surface area contributed by atoms with Gasteiger partial charge in [-0.05, 0) is 36.7 Å². The molecule has 1 aromatic heterocycles. The number of rotatable bonds is 6. The Hall–Kier alpha value is -2.10. The molecule has 2 bridgehead atoms. The lowest BCUT2D eigenvalue weighted by atomic mass is 9.88. The number of aromatic nitrogens is 2. The SMILES string of the molecule is O=C(NCCc1nccn1Cc1ccccc1)C1CC2CCC1C2. The van der Waals surface area contributed by atoms with Crippen molar-refractivity contribution in [3.05, 3.63) is 54.1 Å². The molecule has 2 aliphatic carbocycles. The van der Waals surface area contributed by atoms with Crippen molar-refractivity contribution in [2.24, 2.45) is 17.8 Å². The van der Waals surface area contributed by atoms with Crippen LogP contribution in [-0.4, -0.2) is 22.0 Å². The minimum Gasteiger partial charge on any atom is -0.355 e. The van der Waals surface area contributed by atoms with E-state index in [2.05, 4.69) is 39.1 Å². The number of fused-ring (bicyclic) bond motifs is 2. The molecule has 4 nitrogen and oxygen atoms in total. The van der Waals surface area contributed by atoms with Gasteiger partial charge in [0.25, 0.3) is 0 Å². The van der Waals surface area contributed by atoms with Gasteiger partial charge in [-0.25, -0.2) is 4.98 Å². The predicted molar refractivity (Wildman–Crippen MR) is 93.4 cm³/mol. The second kappa shape index (κ2) is 6.80. The number of hydrogen-bond acceptors (Lipinski definition) is 2. The Morgan fingerprint density at radius 2 is 2.08 bits per heavy atom. The molecule has 1 aromatic carbocycles. The molecular formula is C20H25N3O. The van der Waals surface area contributed by atoms with Crippen LogP contribution in [-0.2, 0) is 17.8 Å². The first-order valence-corrected chi connectivity index (χ1v) is 9.11. The van der Waals surface area contributed by atoms with E-state index in [-0.39, 0.29) is 11.8 Å². The largest absolute Gasteiger partial charge is 0.355 e. The van der Waals surface area contributed by atoms with Crippen LogP contribution in [0, 0.1) is 17.8 Å². The molecule has 4 rings (SSSR count). The van der Waals surface area contributed by atoms with Gasteiger partial charge in [-0.15, -0.1) is 0 Å². The maximum Gasteiger partial charge on any atom is 0.223 e. The number of imidazole rings is 1. The highest BCUT2D eigenvalue weighted by Gasteiger charge is 2.42. The van der Waals surface area contributed by atoms with Crippen LogP contribution in [0.4, 0.5) is 0 Å². The van der Waals surface area contributed by atoms with Crippen molar-refractivity contribution in [3.63, 3.8) is 0 Å². The number of nitrogens with zero attached hydrogens (tertiary/aromatic N) is 2. The molecule has 3 unspecified atom stereocenters. The van der Waals surface area contributed by atoms with Gasteiger partial charge in [0.1, 0.15) is 5.82 Å². The Bertz CT molecular complexity index is 694. The molecule has 1 N–H and O–H groups in total. The molecule has 1 amide bonds. The summed E-state index contributed by atoms with van der Waals surface area (Å²) in [6.07, 6.45) is 9.62. The summed E-state index contributed by atoms with van der Waals surface area (Å²) in [5, 5.41) is 3.15. The molecule has 126 valence electrons. The Balaban J connectivity index is 1.29. The van der Waals surface area contributed by atoms with Crippen LogP contribution in [0.1, 0.15) is 37.1 Å². The zero-order valence-electron chi connectivity index (χ0n) is 14.0. The van der Waals surface area contributed by atoms with Crippen LogP contribution in [0.5, 0.6) is 0 Å². The Morgan fingerprint density at radius 3 is 2.83 bits per heavy atom. The van der Waals surface area contributed by atoms with Gasteiger partial charge in [0.05, 0.1) is 0 Å². The molecule has 1 heterocycles. The van der Waals surface area contributed by atoms with Crippen molar-refractivity contribution in [1.29, 1.82) is 0 Å². The fraction of sp³-hybridized carbons (Fsp3) is 0.500. The van der Waals surface area contributed by atoms with Gasteiger partial charge in [0.15, 0.2) is 0 Å². The smallest absolute Gasteiger partial charge is 0.223 e. The number of carbonyl (C=O) groups is 1. The van der Waals surface area contributed by atoms with Gasteiger partial charge < -0.3 is 9.88 Å². The van der Waals surface area contributed by atoms with E-state index in [1.54, 1.807) is 0 Å². The average Bonchev–Trinajstić information content (AvgIpc) is 3.33. The van der Waals surface area contributed by atoms with Crippen LogP contribution < -0.4 is 5.32 Å². The van der Waals surface area contributed by atoms with Crippen molar-refractivity contribution in [1.82, 2.24) is 14.9 Å². The molecule has 24 heavy (non-hydrogen) atoms. The quantitative estimate of drug-likeness (QED) is 0.888. The second-order valence-electron chi connectivity index (χ2n) is 7.28. The van der Waals surface area contributed by atoms with Crippen LogP contribution in [0.2, 0.25) is 0 Å². The molecule has 4 heteroatoms. The van der Waals surface area contributed by atoms with Crippen LogP contribution in [0.25, 0.3) is 0 Å². The minimum absolute atomic E-state index is 0.267. The van der Waals surface area contributed by atoms with Crippen molar-refractivity contribution in [3.8, 4) is 0 Å². The number of benzene rings is 1. The molecule has 2 saturated carbocycles. The van der Waals surface area contributed by atoms with E-state index in [0.717, 1.165) is 31.1 Å². The van der Waals surface area contributed by atoms with Crippen LogP contribution in [0.15, 0.2) is 42.7 Å². The minimum atomic E-state index is 0.267. The topological polar surface area (TPSA) is 46.9 Å².